The van der Waals surface area contributed by atoms with Crippen LogP contribution in [0.15, 0.2) is 23.1 Å². The van der Waals surface area contributed by atoms with Gasteiger partial charge in [0.2, 0.25) is 15.9 Å². The van der Waals surface area contributed by atoms with Gasteiger partial charge >= 0.3 is 0 Å². The van der Waals surface area contributed by atoms with E-state index in [1.807, 2.05) is 0 Å². The van der Waals surface area contributed by atoms with E-state index in [-0.39, 0.29) is 16.5 Å². The van der Waals surface area contributed by atoms with Crippen LogP contribution >= 0.6 is 11.6 Å². The molecule has 20 heavy (non-hydrogen) atoms. The Bertz CT molecular complexity index is 636. The van der Waals surface area contributed by atoms with Crippen LogP contribution in [0.3, 0.4) is 0 Å². The Kier molecular flexibility index (Phi) is 4.31. The molecule has 110 valence electrons. The van der Waals surface area contributed by atoms with Gasteiger partial charge in [-0.15, -0.1) is 0 Å². The number of piperidine rings is 1. The number of primary amides is 1. The number of amides is 1. The maximum absolute atomic E-state index is 13.0. The first-order valence-electron chi connectivity index (χ1n) is 6.10. The van der Waals surface area contributed by atoms with Gasteiger partial charge in [-0.05, 0) is 31.0 Å². The molecule has 0 saturated carbocycles. The first kappa shape index (κ1) is 15.2. The van der Waals surface area contributed by atoms with Gasteiger partial charge in [-0.25, -0.2) is 12.8 Å². The molecule has 1 fully saturated rings. The lowest BCUT2D eigenvalue weighted by molar-refractivity contribution is -0.122. The first-order valence-corrected chi connectivity index (χ1v) is 7.92. The van der Waals surface area contributed by atoms with Gasteiger partial charge in [0, 0.05) is 6.54 Å². The van der Waals surface area contributed by atoms with Crippen molar-refractivity contribution in [2.45, 2.75) is 30.2 Å². The molecule has 1 amide bonds. The Labute approximate surface area is 121 Å². The predicted octanol–water partition coefficient (Wildman–Crippen LogP) is 1.51. The zero-order valence-corrected chi connectivity index (χ0v) is 12.1. The van der Waals surface area contributed by atoms with E-state index in [0.717, 1.165) is 28.9 Å². The zero-order chi connectivity index (χ0) is 14.9. The fourth-order valence-corrected chi connectivity index (χ4v) is 4.46. The highest BCUT2D eigenvalue weighted by Crippen LogP contribution is 2.29. The molecule has 0 unspecified atom stereocenters. The van der Waals surface area contributed by atoms with Crippen LogP contribution in [-0.4, -0.2) is 31.2 Å². The average molecular weight is 321 g/mol. The summed E-state index contributed by atoms with van der Waals surface area (Å²) in [5.74, 6) is -1.31. The lowest BCUT2D eigenvalue weighted by Crippen LogP contribution is -2.50. The van der Waals surface area contributed by atoms with Crippen molar-refractivity contribution in [2.75, 3.05) is 6.54 Å². The van der Waals surface area contributed by atoms with Crippen LogP contribution in [0.25, 0.3) is 0 Å². The third kappa shape index (κ3) is 2.79. The van der Waals surface area contributed by atoms with Gasteiger partial charge in [-0.1, -0.05) is 18.0 Å². The second kappa shape index (κ2) is 5.67. The second-order valence-corrected chi connectivity index (χ2v) is 6.87. The Morgan fingerprint density at radius 1 is 1.40 bits per heavy atom. The highest BCUT2D eigenvalue weighted by Gasteiger charge is 2.37. The van der Waals surface area contributed by atoms with E-state index in [2.05, 4.69) is 0 Å². The van der Waals surface area contributed by atoms with Crippen molar-refractivity contribution >= 4 is 27.5 Å². The van der Waals surface area contributed by atoms with E-state index in [9.17, 15) is 17.6 Å². The molecule has 0 radical (unpaired) electrons. The number of sulfonamides is 1. The van der Waals surface area contributed by atoms with Crippen molar-refractivity contribution in [3.8, 4) is 0 Å². The summed E-state index contributed by atoms with van der Waals surface area (Å²) < 4.78 is 39.2. The summed E-state index contributed by atoms with van der Waals surface area (Å²) in [6.07, 6.45) is 1.76. The monoisotopic (exact) mass is 320 g/mol. The molecule has 1 aliphatic rings. The number of nitrogens with two attached hydrogens (primary N) is 1. The number of nitrogens with zero attached hydrogens (tertiary/aromatic N) is 1. The van der Waals surface area contributed by atoms with E-state index in [1.165, 1.54) is 0 Å². The molecule has 1 aliphatic heterocycles. The fourth-order valence-electron chi connectivity index (χ4n) is 2.29. The number of rotatable bonds is 3. The summed E-state index contributed by atoms with van der Waals surface area (Å²) >= 11 is 5.80. The first-order chi connectivity index (χ1) is 9.34. The van der Waals surface area contributed by atoms with Crippen molar-refractivity contribution in [1.82, 2.24) is 4.31 Å². The molecule has 8 heteroatoms. The second-order valence-electron chi connectivity index (χ2n) is 4.60. The normalized spacial score (nSPS) is 20.8. The molecule has 0 bridgehead atoms. The van der Waals surface area contributed by atoms with Gasteiger partial charge in [0.25, 0.3) is 0 Å². The molecule has 0 aliphatic carbocycles. The molecular weight excluding hydrogens is 307 g/mol. The maximum atomic E-state index is 13.0. The zero-order valence-electron chi connectivity index (χ0n) is 10.6. The van der Waals surface area contributed by atoms with E-state index in [4.69, 9.17) is 17.3 Å². The molecule has 2 rings (SSSR count). The van der Waals surface area contributed by atoms with E-state index in [0.29, 0.717) is 12.8 Å². The van der Waals surface area contributed by atoms with Crippen LogP contribution in [0.5, 0.6) is 0 Å². The molecule has 1 aromatic carbocycles. The summed E-state index contributed by atoms with van der Waals surface area (Å²) in [6, 6.07) is 2.16. The van der Waals surface area contributed by atoms with Crippen LogP contribution < -0.4 is 5.73 Å². The van der Waals surface area contributed by atoms with Crippen LogP contribution in [0, 0.1) is 5.82 Å². The minimum atomic E-state index is -3.97. The molecular formula is C12H14ClFN2O3S. The van der Waals surface area contributed by atoms with Gasteiger partial charge < -0.3 is 5.73 Å². The van der Waals surface area contributed by atoms with Crippen LogP contribution in [0.2, 0.25) is 5.02 Å². The molecule has 2 N–H and O–H groups in total. The lowest BCUT2D eigenvalue weighted by atomic mass is 10.0. The topological polar surface area (TPSA) is 80.5 Å². The third-order valence-electron chi connectivity index (χ3n) is 3.26. The SMILES string of the molecule is NC(=O)[C@@H]1CCCCN1S(=O)(=O)c1ccc(F)cc1Cl. The third-order valence-corrected chi connectivity index (χ3v) is 5.65. The van der Waals surface area contributed by atoms with Crippen molar-refractivity contribution < 1.29 is 17.6 Å². The maximum Gasteiger partial charge on any atom is 0.245 e. The van der Waals surface area contributed by atoms with E-state index >= 15 is 0 Å². The number of benzene rings is 1. The Morgan fingerprint density at radius 2 is 2.10 bits per heavy atom. The average Bonchev–Trinajstić information content (AvgIpc) is 2.38. The fraction of sp³-hybridized carbons (Fsp3) is 0.417. The van der Waals surface area contributed by atoms with E-state index in [1.54, 1.807) is 0 Å². The Morgan fingerprint density at radius 3 is 2.70 bits per heavy atom. The molecule has 1 aromatic rings. The number of carbonyl (C=O) groups is 1. The van der Waals surface area contributed by atoms with Crippen LogP contribution in [0.1, 0.15) is 19.3 Å². The summed E-state index contributed by atoms with van der Waals surface area (Å²) in [6.45, 7) is 0.198. The minimum absolute atomic E-state index is 0.198. The molecule has 0 spiro atoms. The number of hydrogen-bond donors (Lipinski definition) is 1. The molecule has 5 nitrogen and oxygen atoms in total. The standard InChI is InChI=1S/C12H14ClFN2O3S/c13-9-7-8(14)4-5-11(9)20(18,19)16-6-2-1-3-10(16)12(15)17/h4-5,7,10H,1-3,6H2,(H2,15,17)/t10-/m0/s1. The van der Waals surface area contributed by atoms with Crippen LogP contribution in [-0.2, 0) is 14.8 Å². The van der Waals surface area contributed by atoms with Crippen molar-refractivity contribution in [3.63, 3.8) is 0 Å². The van der Waals surface area contributed by atoms with Gasteiger partial charge in [0.1, 0.15) is 16.8 Å². The molecule has 0 aromatic heterocycles. The van der Waals surface area contributed by atoms with Gasteiger partial charge in [0.05, 0.1) is 5.02 Å². The predicted molar refractivity (Wildman–Crippen MR) is 72.1 cm³/mol. The van der Waals surface area contributed by atoms with Crippen LogP contribution in [0.4, 0.5) is 4.39 Å². The minimum Gasteiger partial charge on any atom is -0.368 e. The highest BCUT2D eigenvalue weighted by molar-refractivity contribution is 7.89. The Balaban J connectivity index is 2.45. The summed E-state index contributed by atoms with van der Waals surface area (Å²) in [4.78, 5) is 11.2. The lowest BCUT2D eigenvalue weighted by Gasteiger charge is -2.32. The van der Waals surface area contributed by atoms with E-state index < -0.39 is 27.8 Å². The van der Waals surface area contributed by atoms with Crippen molar-refractivity contribution in [3.05, 3.63) is 29.0 Å². The van der Waals surface area contributed by atoms with Gasteiger partial charge in [0.15, 0.2) is 0 Å². The quantitative estimate of drug-likeness (QED) is 0.916. The summed E-state index contributed by atoms with van der Waals surface area (Å²) in [7, 11) is -3.97. The van der Waals surface area contributed by atoms with Gasteiger partial charge in [-0.2, -0.15) is 4.31 Å². The largest absolute Gasteiger partial charge is 0.368 e. The smallest absolute Gasteiger partial charge is 0.245 e. The molecule has 1 saturated heterocycles. The Hall–Kier alpha value is -1.18. The highest BCUT2D eigenvalue weighted by atomic mass is 35.5. The summed E-state index contributed by atoms with van der Waals surface area (Å²) in [5.41, 5.74) is 5.26. The molecule has 1 atom stereocenters. The molecule has 1 heterocycles. The van der Waals surface area contributed by atoms with Crippen molar-refractivity contribution in [2.24, 2.45) is 5.73 Å². The number of carbonyl (C=O) groups excluding carboxylic acids is 1. The summed E-state index contributed by atoms with van der Waals surface area (Å²) in [5, 5.41) is -0.209. The van der Waals surface area contributed by atoms with Gasteiger partial charge in [-0.3, -0.25) is 4.79 Å². The number of hydrogen-bond acceptors (Lipinski definition) is 3. The number of halogens is 2. The van der Waals surface area contributed by atoms with Crippen molar-refractivity contribution in [1.29, 1.82) is 0 Å².